The van der Waals surface area contributed by atoms with E-state index < -0.39 is 6.04 Å². The molecule has 0 saturated carbocycles. The molecule has 0 aliphatic carbocycles. The maximum absolute atomic E-state index is 13.5. The first-order chi connectivity index (χ1) is 14.9. The highest BCUT2D eigenvalue weighted by atomic mass is 16.2. The number of hydrogen-bond acceptors (Lipinski definition) is 3. The van der Waals surface area contributed by atoms with Crippen LogP contribution in [0.3, 0.4) is 0 Å². The lowest BCUT2D eigenvalue weighted by Crippen LogP contribution is -2.52. The second kappa shape index (κ2) is 8.44. The van der Waals surface area contributed by atoms with E-state index in [1.165, 1.54) is 4.90 Å². The summed E-state index contributed by atoms with van der Waals surface area (Å²) < 4.78 is 0. The number of hydrogen-bond donors (Lipinski definition) is 2. The van der Waals surface area contributed by atoms with Gasteiger partial charge in [0.2, 0.25) is 11.8 Å². The average molecular weight is 413 g/mol. The molecule has 1 aliphatic rings. The Hall–Kier alpha value is -3.93. The van der Waals surface area contributed by atoms with E-state index in [4.69, 9.17) is 0 Å². The number of nitrogens with zero attached hydrogens (tertiary/aromatic N) is 1. The van der Waals surface area contributed by atoms with Gasteiger partial charge in [0.15, 0.2) is 0 Å². The Bertz CT molecular complexity index is 1150. The van der Waals surface area contributed by atoms with Gasteiger partial charge in [0.05, 0.1) is 17.8 Å². The lowest BCUT2D eigenvalue weighted by atomic mass is 10.0. The first kappa shape index (κ1) is 20.3. The van der Waals surface area contributed by atoms with E-state index >= 15 is 0 Å². The number of nitrogens with one attached hydrogen (secondary N) is 2. The number of para-hydroxylation sites is 2. The van der Waals surface area contributed by atoms with Crippen molar-refractivity contribution in [2.24, 2.45) is 0 Å². The fourth-order valence-corrected chi connectivity index (χ4v) is 3.69. The third-order valence-corrected chi connectivity index (χ3v) is 5.34. The van der Waals surface area contributed by atoms with Crippen molar-refractivity contribution < 1.29 is 14.4 Å². The molecule has 0 fully saturated rings. The summed E-state index contributed by atoms with van der Waals surface area (Å²) in [5.41, 5.74) is 4.14. The summed E-state index contributed by atoms with van der Waals surface area (Å²) in [7, 11) is 0. The summed E-state index contributed by atoms with van der Waals surface area (Å²) in [6.07, 6.45) is -0.161. The highest BCUT2D eigenvalue weighted by Crippen LogP contribution is 2.34. The maximum Gasteiger partial charge on any atom is 0.259 e. The Labute approximate surface area is 180 Å². The van der Waals surface area contributed by atoms with Crippen molar-refractivity contribution in [2.75, 3.05) is 15.5 Å². The fourth-order valence-electron chi connectivity index (χ4n) is 3.69. The summed E-state index contributed by atoms with van der Waals surface area (Å²) in [6, 6.07) is 20.8. The minimum atomic E-state index is -0.965. The first-order valence-corrected chi connectivity index (χ1v) is 10.1. The van der Waals surface area contributed by atoms with Crippen LogP contribution in [0.4, 0.5) is 17.1 Å². The van der Waals surface area contributed by atoms with E-state index in [0.717, 1.165) is 11.1 Å². The van der Waals surface area contributed by atoms with Crippen molar-refractivity contribution in [3.63, 3.8) is 0 Å². The van der Waals surface area contributed by atoms with Crippen LogP contribution < -0.4 is 15.5 Å². The predicted molar refractivity (Wildman–Crippen MR) is 121 cm³/mol. The third-order valence-electron chi connectivity index (χ3n) is 5.34. The number of carbonyl (C=O) groups is 3. The molecule has 0 bridgehead atoms. The van der Waals surface area contributed by atoms with Crippen LogP contribution in [0, 0.1) is 13.8 Å². The molecular formula is C25H23N3O3. The second-order valence-electron chi connectivity index (χ2n) is 7.63. The minimum Gasteiger partial charge on any atom is -0.326 e. The molecule has 1 atom stereocenters. The van der Waals surface area contributed by atoms with Crippen molar-refractivity contribution in [1.82, 2.24) is 0 Å². The fraction of sp³-hybridized carbons (Fsp3) is 0.160. The van der Waals surface area contributed by atoms with Crippen molar-refractivity contribution in [3.05, 3.63) is 89.5 Å². The van der Waals surface area contributed by atoms with Crippen LogP contribution in [0.2, 0.25) is 0 Å². The van der Waals surface area contributed by atoms with Gasteiger partial charge in [-0.3, -0.25) is 19.3 Å². The van der Waals surface area contributed by atoms with Gasteiger partial charge in [-0.05, 0) is 49.7 Å². The van der Waals surface area contributed by atoms with E-state index in [9.17, 15) is 14.4 Å². The van der Waals surface area contributed by atoms with Crippen molar-refractivity contribution >= 4 is 34.8 Å². The van der Waals surface area contributed by atoms with E-state index in [-0.39, 0.29) is 24.1 Å². The van der Waals surface area contributed by atoms with Crippen molar-refractivity contribution in [1.29, 1.82) is 0 Å². The maximum atomic E-state index is 13.5. The zero-order valence-electron chi connectivity index (χ0n) is 17.4. The number of fused-ring (bicyclic) bond motifs is 1. The number of benzene rings is 3. The molecule has 3 amide bonds. The molecule has 0 unspecified atom stereocenters. The zero-order chi connectivity index (χ0) is 22.0. The molecule has 1 heterocycles. The molecule has 2 N–H and O–H groups in total. The number of carbonyl (C=O) groups excluding carboxylic acids is 3. The van der Waals surface area contributed by atoms with E-state index in [2.05, 4.69) is 10.6 Å². The first-order valence-electron chi connectivity index (χ1n) is 10.1. The number of amides is 3. The Morgan fingerprint density at radius 1 is 0.935 bits per heavy atom. The molecule has 3 aromatic carbocycles. The molecule has 0 radical (unpaired) electrons. The molecule has 31 heavy (non-hydrogen) atoms. The molecule has 156 valence electrons. The van der Waals surface area contributed by atoms with Gasteiger partial charge in [-0.2, -0.15) is 0 Å². The third kappa shape index (κ3) is 4.19. The normalized spacial score (nSPS) is 15.1. The summed E-state index contributed by atoms with van der Waals surface area (Å²) >= 11 is 0. The lowest BCUT2D eigenvalue weighted by molar-refractivity contribution is -0.122. The smallest absolute Gasteiger partial charge is 0.259 e. The topological polar surface area (TPSA) is 78.5 Å². The van der Waals surface area contributed by atoms with Gasteiger partial charge < -0.3 is 10.6 Å². The van der Waals surface area contributed by atoms with Gasteiger partial charge in [0, 0.05) is 11.3 Å². The summed E-state index contributed by atoms with van der Waals surface area (Å²) in [6.45, 7) is 3.81. The van der Waals surface area contributed by atoms with E-state index in [1.54, 1.807) is 48.5 Å². The molecular weight excluding hydrogens is 390 g/mol. The number of aryl methyl sites for hydroxylation is 2. The molecule has 0 spiro atoms. The molecule has 0 aromatic heterocycles. The largest absolute Gasteiger partial charge is 0.326 e. The monoisotopic (exact) mass is 413 g/mol. The number of anilines is 3. The van der Waals surface area contributed by atoms with Gasteiger partial charge in [0.25, 0.3) is 5.91 Å². The van der Waals surface area contributed by atoms with Crippen LogP contribution in [-0.2, 0) is 9.59 Å². The van der Waals surface area contributed by atoms with E-state index in [0.29, 0.717) is 22.6 Å². The molecule has 6 nitrogen and oxygen atoms in total. The van der Waals surface area contributed by atoms with Crippen LogP contribution in [-0.4, -0.2) is 23.8 Å². The molecule has 1 aliphatic heterocycles. The van der Waals surface area contributed by atoms with Gasteiger partial charge >= 0.3 is 0 Å². The van der Waals surface area contributed by atoms with Crippen molar-refractivity contribution in [2.45, 2.75) is 26.3 Å². The lowest BCUT2D eigenvalue weighted by Gasteiger charge is -2.36. The second-order valence-corrected chi connectivity index (χ2v) is 7.63. The Kier molecular flexibility index (Phi) is 5.54. The SMILES string of the molecule is Cc1ccc(NC(=O)C[C@H]2C(=O)Nc3ccccc3N2C(=O)c2ccccc2C)cc1. The van der Waals surface area contributed by atoms with Gasteiger partial charge in [-0.1, -0.05) is 48.0 Å². The van der Waals surface area contributed by atoms with Gasteiger partial charge in [-0.15, -0.1) is 0 Å². The van der Waals surface area contributed by atoms with Crippen LogP contribution in [0.1, 0.15) is 27.9 Å². The highest BCUT2D eigenvalue weighted by Gasteiger charge is 2.38. The quantitative estimate of drug-likeness (QED) is 0.669. The highest BCUT2D eigenvalue weighted by molar-refractivity contribution is 6.18. The van der Waals surface area contributed by atoms with Crippen LogP contribution >= 0.6 is 0 Å². The van der Waals surface area contributed by atoms with Gasteiger partial charge in [-0.25, -0.2) is 0 Å². The molecule has 0 saturated heterocycles. The standard InChI is InChI=1S/C25H23N3O3/c1-16-11-13-18(14-12-16)26-23(29)15-22-24(30)27-20-9-5-6-10-21(20)28(22)25(31)19-8-4-3-7-17(19)2/h3-14,22H,15H2,1-2H3,(H,26,29)(H,27,30)/t22-/m0/s1. The van der Waals surface area contributed by atoms with Crippen LogP contribution in [0.25, 0.3) is 0 Å². The van der Waals surface area contributed by atoms with Crippen molar-refractivity contribution in [3.8, 4) is 0 Å². The zero-order valence-corrected chi connectivity index (χ0v) is 17.4. The summed E-state index contributed by atoms with van der Waals surface area (Å²) in [5.74, 6) is -1.04. The molecule has 4 rings (SSSR count). The Morgan fingerprint density at radius 2 is 1.61 bits per heavy atom. The minimum absolute atomic E-state index is 0.161. The molecule has 3 aromatic rings. The Morgan fingerprint density at radius 3 is 2.35 bits per heavy atom. The Balaban J connectivity index is 1.66. The predicted octanol–water partition coefficient (Wildman–Crippen LogP) is 4.30. The summed E-state index contributed by atoms with van der Waals surface area (Å²) in [4.78, 5) is 40.7. The summed E-state index contributed by atoms with van der Waals surface area (Å²) in [5, 5.41) is 5.64. The van der Waals surface area contributed by atoms with Gasteiger partial charge in [0.1, 0.15) is 6.04 Å². The number of rotatable bonds is 4. The van der Waals surface area contributed by atoms with Crippen LogP contribution in [0.5, 0.6) is 0 Å². The van der Waals surface area contributed by atoms with E-state index in [1.807, 2.05) is 38.1 Å². The average Bonchev–Trinajstić information content (AvgIpc) is 2.76. The molecule has 6 heteroatoms. The van der Waals surface area contributed by atoms with Crippen LogP contribution in [0.15, 0.2) is 72.8 Å².